The summed E-state index contributed by atoms with van der Waals surface area (Å²) in [5, 5.41) is 47.2. The molecule has 1 atom stereocenters. The van der Waals surface area contributed by atoms with Crippen LogP contribution in [0.3, 0.4) is 0 Å². The normalized spacial score (nSPS) is 12.8. The van der Waals surface area contributed by atoms with Gasteiger partial charge in [-0.25, -0.2) is 38.4 Å². The quantitative estimate of drug-likeness (QED) is 0.0276. The van der Waals surface area contributed by atoms with Crippen LogP contribution in [-0.4, -0.2) is 170 Å². The van der Waals surface area contributed by atoms with Crippen molar-refractivity contribution in [1.29, 1.82) is 0 Å². The second-order valence-electron chi connectivity index (χ2n) is 31.9. The molecule has 0 saturated carbocycles. The topological polar surface area (TPSA) is 305 Å². The summed E-state index contributed by atoms with van der Waals surface area (Å²) in [5.74, 6) is -0.266. The van der Waals surface area contributed by atoms with Crippen LogP contribution in [0, 0.1) is 7.43 Å². The number of aromatic nitrogens is 18. The predicted octanol–water partition coefficient (Wildman–Crippen LogP) is 12.0. The van der Waals surface area contributed by atoms with Gasteiger partial charge in [-0.1, -0.05) is 167 Å². The first-order valence-electron chi connectivity index (χ1n) is 38.9. The van der Waals surface area contributed by atoms with Gasteiger partial charge in [-0.3, -0.25) is 29.1 Å². The first-order valence-corrected chi connectivity index (χ1v) is 48.8. The van der Waals surface area contributed by atoms with Crippen LogP contribution in [0.25, 0.3) is 96.5 Å². The number of aliphatic hydroxyl groups is 1. The van der Waals surface area contributed by atoms with Gasteiger partial charge in [0.25, 0.3) is 16.7 Å². The van der Waals surface area contributed by atoms with E-state index in [-0.39, 0.29) is 75.7 Å². The summed E-state index contributed by atoms with van der Waals surface area (Å²) in [4.78, 5) is 80.4. The minimum absolute atomic E-state index is 0. The van der Waals surface area contributed by atoms with Crippen molar-refractivity contribution in [2.24, 2.45) is 21.1 Å². The van der Waals surface area contributed by atoms with Gasteiger partial charge >= 0.3 is 23.1 Å². The molecule has 1 aliphatic heterocycles. The molecule has 0 radical (unpaired) electrons. The SMILES string of the molecule is C1CCOC1.Cn1c2nc(C(=O)c3ccccc3)sc2c2cnn(Cc3cccc4c3cnn4COCC[Si](C)(C)C)c(=O)c21.Cn1c2nc(C(=O)c3ccccc3)sc2c2cnn(Cc3cccc4c3cnn4COCC[Si](C)(C)C)c(=O)c21.Cn1c2nc(C(C)(O)c3ccccc3)sc2c2cnn(Cc3cccc4[nH]ncc34)c(=O)c21.[Br-].[CH3-].[Mg+2]. The second-order valence-corrected chi connectivity index (χ2v) is 46.1. The van der Waals surface area contributed by atoms with Gasteiger partial charge in [-0.2, -0.15) is 30.6 Å². The van der Waals surface area contributed by atoms with Crippen molar-refractivity contribution in [3.63, 3.8) is 0 Å². The summed E-state index contributed by atoms with van der Waals surface area (Å²) in [6.45, 7) is 20.9. The van der Waals surface area contributed by atoms with Crippen molar-refractivity contribution in [1.82, 2.24) is 87.8 Å². The van der Waals surface area contributed by atoms with Gasteiger partial charge in [0, 0.05) is 107 Å². The smallest absolute Gasteiger partial charge is 1.00 e. The number of hydrogen-bond acceptors (Lipinski definition) is 21. The largest absolute Gasteiger partial charge is 2.00 e. The van der Waals surface area contributed by atoms with Crippen molar-refractivity contribution in [3.8, 4) is 0 Å². The Morgan fingerprint density at radius 2 is 0.851 bits per heavy atom. The summed E-state index contributed by atoms with van der Waals surface area (Å²) >= 11 is 3.97. The molecule has 27 nitrogen and oxygen atoms in total. The number of nitrogens with one attached hydrogen (secondary N) is 1. The molecular formula is C87H91BrMgN18O9S3Si2. The van der Waals surface area contributed by atoms with Crippen LogP contribution in [0.2, 0.25) is 51.4 Å². The predicted molar refractivity (Wildman–Crippen MR) is 483 cm³/mol. The number of ketones is 2. The van der Waals surface area contributed by atoms with Crippen LogP contribution in [-0.2, 0) is 74.1 Å². The molecule has 13 heterocycles. The number of aromatic amines is 1. The summed E-state index contributed by atoms with van der Waals surface area (Å²) < 4.78 is 32.6. The number of rotatable bonds is 22. The van der Waals surface area contributed by atoms with Crippen LogP contribution < -0.4 is 33.7 Å². The Morgan fingerprint density at radius 1 is 0.479 bits per heavy atom. The van der Waals surface area contributed by atoms with Gasteiger partial charge in [0.15, 0.2) is 27.0 Å². The fourth-order valence-corrected chi connectivity index (χ4v) is 19.3. The molecule has 2 N–H and O–H groups in total. The van der Waals surface area contributed by atoms with E-state index in [9.17, 15) is 29.1 Å². The first kappa shape index (κ1) is 88.3. The number of fused-ring (bicyclic) bond motifs is 12. The van der Waals surface area contributed by atoms with E-state index in [0.717, 1.165) is 113 Å². The molecule has 618 valence electrons. The van der Waals surface area contributed by atoms with Gasteiger partial charge in [-0.15, -0.1) is 34.0 Å². The van der Waals surface area contributed by atoms with Crippen molar-refractivity contribution in [2.45, 2.75) is 110 Å². The molecule has 0 aliphatic carbocycles. The number of H-pyrrole nitrogens is 1. The number of nitrogens with zero attached hydrogens (tertiary/aromatic N) is 17. The third-order valence-corrected chi connectivity index (χ3v) is 28.0. The Morgan fingerprint density at radius 3 is 1.26 bits per heavy atom. The minimum Gasteiger partial charge on any atom is -1.00 e. The fourth-order valence-electron chi connectivity index (χ4n) is 14.4. The third-order valence-electron chi connectivity index (χ3n) is 21.1. The van der Waals surface area contributed by atoms with E-state index < -0.39 is 21.7 Å². The average Bonchev–Trinajstić information content (AvgIpc) is 1.59. The monoisotopic (exact) mass is 1790 g/mol. The van der Waals surface area contributed by atoms with Gasteiger partial charge in [0.2, 0.25) is 11.6 Å². The molecule has 12 aromatic heterocycles. The number of carbonyl (C=O) groups excluding carboxylic acids is 2. The molecule has 18 aromatic rings. The maximum absolute atomic E-state index is 13.6. The number of carbonyl (C=O) groups is 2. The Kier molecular flexibility index (Phi) is 27.1. The molecule has 34 heteroatoms. The molecule has 1 fully saturated rings. The molecule has 0 spiro atoms. The van der Waals surface area contributed by atoms with Gasteiger partial charge in [-0.05, 0) is 72.3 Å². The molecule has 0 amide bonds. The van der Waals surface area contributed by atoms with Gasteiger partial charge in [0.05, 0.1) is 87.5 Å². The number of benzene rings is 6. The third kappa shape index (κ3) is 18.2. The molecule has 1 unspecified atom stereocenters. The zero-order valence-corrected chi connectivity index (χ0v) is 76.6. The Balaban J connectivity index is 0.000000151. The standard InChI is InChI=1S/2C29H30N6O3SSi.C24H20N6O2S.C4H8O.CH3.BrH.Mg/c2*1-33-24-22(26-27(33)32-28(39-26)25(36)19-9-6-5-7-10-19)16-30-34(29(24)37)17-20-11-8-12-23-21(20)15-31-35(23)18-38-13-14-40(2,3)4;1-24(32,15-8-4-3-5-9-15)23-27-21-20(33-23)17-12-26-30(22(31)19(17)29(21)2)13-14-7-6-10-18-16(14)11-25-28-18;1-2-4-5-3-1;;;/h2*5-12,15-16H,13-14,17-18H2,1-4H3;3-12,32H,13H2,1-2H3,(H,25,28);1-4H2;1H3;1H;/q;;;;-1;;+2/p-1. The van der Waals surface area contributed by atoms with Crippen molar-refractivity contribution >= 4 is 181 Å². The van der Waals surface area contributed by atoms with E-state index in [4.69, 9.17) is 19.2 Å². The summed E-state index contributed by atoms with van der Waals surface area (Å²) in [7, 11) is 3.12. The maximum atomic E-state index is 13.6. The summed E-state index contributed by atoms with van der Waals surface area (Å²) in [5.41, 5.74) is 9.25. The van der Waals surface area contributed by atoms with Crippen LogP contribution in [0.15, 0.2) is 197 Å². The Labute approximate surface area is 736 Å². The Hall–Kier alpha value is -10.5. The summed E-state index contributed by atoms with van der Waals surface area (Å²) in [6, 6.07) is 47.6. The van der Waals surface area contributed by atoms with E-state index >= 15 is 0 Å². The van der Waals surface area contributed by atoms with Crippen LogP contribution in [0.5, 0.6) is 0 Å². The van der Waals surface area contributed by atoms with Crippen molar-refractivity contribution in [2.75, 3.05) is 26.4 Å². The number of halogens is 1. The first-order chi connectivity index (χ1) is 56.9. The molecular weight excluding hydrogens is 1700 g/mol. The zero-order valence-electron chi connectivity index (χ0n) is 69.1. The number of hydrogen-bond donors (Lipinski definition) is 2. The van der Waals surface area contributed by atoms with E-state index in [2.05, 4.69) is 84.9 Å². The molecule has 0 bridgehead atoms. The van der Waals surface area contributed by atoms with E-state index in [1.807, 2.05) is 150 Å². The number of aryl methyl sites for hydroxylation is 3. The zero-order chi connectivity index (χ0) is 82.3. The van der Waals surface area contributed by atoms with Crippen molar-refractivity contribution in [3.05, 3.63) is 270 Å². The van der Waals surface area contributed by atoms with Crippen LogP contribution in [0.4, 0.5) is 0 Å². The minimum atomic E-state index is -1.23. The number of ether oxygens (including phenoxy) is 3. The van der Waals surface area contributed by atoms with Crippen molar-refractivity contribution < 1.29 is 45.9 Å². The van der Waals surface area contributed by atoms with Crippen LogP contribution >= 0.6 is 34.0 Å². The van der Waals surface area contributed by atoms with E-state index in [0.29, 0.717) is 104 Å². The molecule has 1 aliphatic rings. The molecule has 121 heavy (non-hydrogen) atoms. The summed E-state index contributed by atoms with van der Waals surface area (Å²) in [6.07, 6.45) is 13.1. The fraction of sp³-hybridized carbons (Fsp3) is 0.276. The molecule has 19 rings (SSSR count). The second kappa shape index (κ2) is 37.1. The molecule has 6 aromatic carbocycles. The molecule has 1 saturated heterocycles. The van der Waals surface area contributed by atoms with Gasteiger partial charge < -0.3 is 57.4 Å². The van der Waals surface area contributed by atoms with Crippen LogP contribution in [0.1, 0.15) is 77.8 Å². The average molecular weight is 1790 g/mol. The van der Waals surface area contributed by atoms with Gasteiger partial charge in [0.1, 0.15) is 40.6 Å². The van der Waals surface area contributed by atoms with E-state index in [1.54, 1.807) is 83.8 Å². The number of thiazole rings is 3. The maximum Gasteiger partial charge on any atom is 2.00 e. The Bertz CT molecular complexity index is 6700. The van der Waals surface area contributed by atoms with E-state index in [1.165, 1.54) is 60.9 Å².